The van der Waals surface area contributed by atoms with Gasteiger partial charge in [0, 0.05) is 6.54 Å². The van der Waals surface area contributed by atoms with Gasteiger partial charge < -0.3 is 24.5 Å². The number of aromatic nitrogens is 2. The molecule has 10 heteroatoms. The lowest BCUT2D eigenvalue weighted by Crippen LogP contribution is -2.24. The Balaban J connectivity index is 1.21. The molecule has 2 N–H and O–H groups in total. The smallest absolute Gasteiger partial charge is 0.230 e. The van der Waals surface area contributed by atoms with Crippen molar-refractivity contribution >= 4 is 34.1 Å². The maximum atomic E-state index is 12.3. The van der Waals surface area contributed by atoms with Gasteiger partial charge >= 0.3 is 0 Å². The Labute approximate surface area is 205 Å². The lowest BCUT2D eigenvalue weighted by atomic mass is 10.2. The van der Waals surface area contributed by atoms with Gasteiger partial charge in [0.1, 0.15) is 12.4 Å². The van der Waals surface area contributed by atoms with Crippen molar-refractivity contribution in [3.63, 3.8) is 0 Å². The van der Waals surface area contributed by atoms with Gasteiger partial charge in [-0.3, -0.25) is 4.79 Å². The average molecular weight is 497 g/mol. The number of nitrogens with zero attached hydrogens (tertiary/aromatic N) is 2. The van der Waals surface area contributed by atoms with Crippen LogP contribution in [0.25, 0.3) is 0 Å². The molecule has 0 bridgehead atoms. The molecule has 0 fully saturated rings. The minimum atomic E-state index is -0.0892. The fourth-order valence-electron chi connectivity index (χ4n) is 2.97. The highest BCUT2D eigenvalue weighted by molar-refractivity contribution is 8.01. The Hall–Kier alpha value is -3.50. The van der Waals surface area contributed by atoms with E-state index in [1.54, 1.807) is 13.4 Å². The third kappa shape index (κ3) is 7.00. The van der Waals surface area contributed by atoms with Gasteiger partial charge in [0.25, 0.3) is 0 Å². The molecule has 0 radical (unpaired) electrons. The molecule has 0 aliphatic heterocycles. The van der Waals surface area contributed by atoms with E-state index < -0.39 is 0 Å². The molecule has 4 rings (SSSR count). The highest BCUT2D eigenvalue weighted by Gasteiger charge is 2.10. The van der Waals surface area contributed by atoms with E-state index in [0.717, 1.165) is 21.2 Å². The number of rotatable bonds is 12. The van der Waals surface area contributed by atoms with Crippen LogP contribution in [0.3, 0.4) is 0 Å². The van der Waals surface area contributed by atoms with E-state index in [2.05, 4.69) is 20.8 Å². The molecular formula is C24H24N4O4S2. The third-order valence-electron chi connectivity index (χ3n) is 4.68. The zero-order chi connectivity index (χ0) is 23.6. The van der Waals surface area contributed by atoms with Gasteiger partial charge in [0.05, 0.1) is 25.7 Å². The number of benzene rings is 2. The number of anilines is 1. The van der Waals surface area contributed by atoms with E-state index in [4.69, 9.17) is 13.9 Å². The largest absolute Gasteiger partial charge is 0.493 e. The fraction of sp³-hybridized carbons (Fsp3) is 0.208. The number of amides is 1. The normalized spacial score (nSPS) is 10.6. The van der Waals surface area contributed by atoms with E-state index in [-0.39, 0.29) is 11.7 Å². The number of hydrogen-bond donors (Lipinski definition) is 2. The standard InChI is InChI=1S/C24H24N4O4S2/c1-30-21-12-18(9-10-20(21)32-15-17-6-3-2-4-7-17)13-25-22(29)16-33-24-28-27-23(34-24)26-14-19-8-5-11-31-19/h2-12H,13-16H2,1H3,(H,25,29)(H,26,27). The number of carbonyl (C=O) groups is 1. The van der Waals surface area contributed by atoms with Crippen LogP contribution in [0.1, 0.15) is 16.9 Å². The van der Waals surface area contributed by atoms with Gasteiger partial charge in [-0.05, 0) is 35.4 Å². The summed E-state index contributed by atoms with van der Waals surface area (Å²) in [6.45, 7) is 1.38. The molecule has 34 heavy (non-hydrogen) atoms. The molecule has 1 amide bonds. The van der Waals surface area contributed by atoms with E-state index >= 15 is 0 Å². The topological polar surface area (TPSA) is 98.5 Å². The Bertz CT molecular complexity index is 1180. The molecule has 8 nitrogen and oxygen atoms in total. The number of hydrogen-bond acceptors (Lipinski definition) is 9. The van der Waals surface area contributed by atoms with Crippen molar-refractivity contribution in [3.05, 3.63) is 83.8 Å². The molecule has 0 atom stereocenters. The summed E-state index contributed by atoms with van der Waals surface area (Å²) in [5.74, 6) is 2.26. The number of furan rings is 1. The van der Waals surface area contributed by atoms with Crippen molar-refractivity contribution in [2.45, 2.75) is 24.0 Å². The van der Waals surface area contributed by atoms with E-state index in [9.17, 15) is 4.79 Å². The summed E-state index contributed by atoms with van der Waals surface area (Å²) in [6.07, 6.45) is 1.63. The van der Waals surface area contributed by atoms with Crippen LogP contribution in [0.4, 0.5) is 5.13 Å². The first kappa shape index (κ1) is 23.7. The zero-order valence-electron chi connectivity index (χ0n) is 18.5. The summed E-state index contributed by atoms with van der Waals surface area (Å²) >= 11 is 2.75. The Morgan fingerprint density at radius 3 is 2.71 bits per heavy atom. The van der Waals surface area contributed by atoms with Crippen LogP contribution in [0.15, 0.2) is 75.7 Å². The van der Waals surface area contributed by atoms with Gasteiger partial charge in [0.15, 0.2) is 15.8 Å². The second-order valence-electron chi connectivity index (χ2n) is 7.13. The number of methoxy groups -OCH3 is 1. The summed E-state index contributed by atoms with van der Waals surface area (Å²) in [5.41, 5.74) is 2.00. The molecule has 4 aromatic rings. The highest BCUT2D eigenvalue weighted by atomic mass is 32.2. The fourth-order valence-corrected chi connectivity index (χ4v) is 4.55. The minimum absolute atomic E-state index is 0.0892. The molecule has 176 valence electrons. The molecule has 2 heterocycles. The van der Waals surface area contributed by atoms with Crippen molar-refractivity contribution in [3.8, 4) is 11.5 Å². The SMILES string of the molecule is COc1cc(CNC(=O)CSc2nnc(NCc3ccco3)s2)ccc1OCc1ccccc1. The molecule has 0 unspecified atom stereocenters. The number of carbonyl (C=O) groups excluding carboxylic acids is 1. The van der Waals surface area contributed by atoms with E-state index in [1.165, 1.54) is 23.1 Å². The Kier molecular flexibility index (Phi) is 8.42. The quantitative estimate of drug-likeness (QED) is 0.272. The molecule has 2 aromatic heterocycles. The molecule has 0 aliphatic carbocycles. The second-order valence-corrected chi connectivity index (χ2v) is 9.33. The first-order valence-corrected chi connectivity index (χ1v) is 12.3. The van der Waals surface area contributed by atoms with Crippen LogP contribution in [-0.4, -0.2) is 29.0 Å². The van der Waals surface area contributed by atoms with Gasteiger partial charge in [0.2, 0.25) is 11.0 Å². The lowest BCUT2D eigenvalue weighted by molar-refractivity contribution is -0.118. The van der Waals surface area contributed by atoms with Gasteiger partial charge in [-0.2, -0.15) is 0 Å². The maximum Gasteiger partial charge on any atom is 0.230 e. The van der Waals surface area contributed by atoms with E-state index in [0.29, 0.717) is 36.3 Å². The summed E-state index contributed by atoms with van der Waals surface area (Å²) in [6, 6.07) is 19.3. The van der Waals surface area contributed by atoms with Crippen LogP contribution in [0.2, 0.25) is 0 Å². The Morgan fingerprint density at radius 1 is 1.03 bits per heavy atom. The zero-order valence-corrected chi connectivity index (χ0v) is 20.2. The predicted molar refractivity (Wildman–Crippen MR) is 132 cm³/mol. The van der Waals surface area contributed by atoms with Gasteiger partial charge in [-0.1, -0.05) is 59.5 Å². The first-order valence-electron chi connectivity index (χ1n) is 10.5. The summed E-state index contributed by atoms with van der Waals surface area (Å²) in [7, 11) is 1.60. The minimum Gasteiger partial charge on any atom is -0.493 e. The highest BCUT2D eigenvalue weighted by Crippen LogP contribution is 2.29. The maximum absolute atomic E-state index is 12.3. The van der Waals surface area contributed by atoms with Crippen LogP contribution in [0, 0.1) is 0 Å². The van der Waals surface area contributed by atoms with Gasteiger partial charge in [-0.25, -0.2) is 0 Å². The molecule has 0 saturated heterocycles. The van der Waals surface area contributed by atoms with E-state index in [1.807, 2.05) is 60.7 Å². The van der Waals surface area contributed by atoms with Crippen molar-refractivity contribution in [2.75, 3.05) is 18.2 Å². The lowest BCUT2D eigenvalue weighted by Gasteiger charge is -2.13. The van der Waals surface area contributed by atoms with Crippen LogP contribution in [-0.2, 0) is 24.5 Å². The monoisotopic (exact) mass is 496 g/mol. The number of nitrogens with one attached hydrogen (secondary N) is 2. The van der Waals surface area contributed by atoms with Crippen molar-refractivity contribution in [1.29, 1.82) is 0 Å². The summed E-state index contributed by atoms with van der Waals surface area (Å²) < 4.78 is 17.3. The van der Waals surface area contributed by atoms with Crippen molar-refractivity contribution in [1.82, 2.24) is 15.5 Å². The molecule has 0 spiro atoms. The number of thioether (sulfide) groups is 1. The molecular weight excluding hydrogens is 472 g/mol. The van der Waals surface area contributed by atoms with Crippen molar-refractivity contribution in [2.24, 2.45) is 0 Å². The van der Waals surface area contributed by atoms with Gasteiger partial charge in [-0.15, -0.1) is 10.2 Å². The second kappa shape index (κ2) is 12.1. The van der Waals surface area contributed by atoms with Crippen LogP contribution >= 0.6 is 23.1 Å². The summed E-state index contributed by atoms with van der Waals surface area (Å²) in [4.78, 5) is 12.3. The molecule has 0 aliphatic rings. The summed E-state index contributed by atoms with van der Waals surface area (Å²) in [5, 5.41) is 14.9. The Morgan fingerprint density at radius 2 is 1.91 bits per heavy atom. The van der Waals surface area contributed by atoms with Crippen LogP contribution < -0.4 is 20.1 Å². The average Bonchev–Trinajstić information content (AvgIpc) is 3.56. The first-order chi connectivity index (χ1) is 16.7. The molecule has 0 saturated carbocycles. The predicted octanol–water partition coefficient (Wildman–Crippen LogP) is 4.74. The number of ether oxygens (including phenoxy) is 2. The third-order valence-corrected chi connectivity index (χ3v) is 6.70. The van der Waals surface area contributed by atoms with Crippen LogP contribution in [0.5, 0.6) is 11.5 Å². The molecule has 2 aromatic carbocycles. The van der Waals surface area contributed by atoms with Crippen molar-refractivity contribution < 1.29 is 18.7 Å².